The van der Waals surface area contributed by atoms with Gasteiger partial charge in [-0.05, 0) is 43.5 Å². The Morgan fingerprint density at radius 2 is 1.81 bits per heavy atom. The average molecular weight is 304 g/mol. The van der Waals surface area contributed by atoms with Crippen LogP contribution >= 0.6 is 11.6 Å². The molecule has 2 rings (SSSR count). The molecule has 0 unspecified atom stereocenters. The molecule has 0 aliphatic carbocycles. The highest BCUT2D eigenvalue weighted by atomic mass is 35.5. The average Bonchev–Trinajstić information content (AvgIpc) is 2.44. The molecule has 0 aliphatic heterocycles. The summed E-state index contributed by atoms with van der Waals surface area (Å²) in [6, 6.07) is 7.64. The minimum atomic E-state index is 0.392. The molecule has 4 heteroatoms. The molecule has 1 heterocycles. The van der Waals surface area contributed by atoms with Crippen LogP contribution in [0.1, 0.15) is 44.4 Å². The van der Waals surface area contributed by atoms with Gasteiger partial charge in [0.15, 0.2) is 5.82 Å². The van der Waals surface area contributed by atoms with E-state index >= 15 is 0 Å². The van der Waals surface area contributed by atoms with E-state index in [-0.39, 0.29) is 0 Å². The van der Waals surface area contributed by atoms with Gasteiger partial charge in [-0.2, -0.15) is 0 Å². The van der Waals surface area contributed by atoms with Gasteiger partial charge in [0.1, 0.15) is 5.82 Å². The topological polar surface area (TPSA) is 37.8 Å². The molecule has 1 aromatic carbocycles. The highest BCUT2D eigenvalue weighted by Crippen LogP contribution is 2.28. The second kappa shape index (κ2) is 6.90. The van der Waals surface area contributed by atoms with Crippen molar-refractivity contribution in [1.29, 1.82) is 0 Å². The molecule has 0 amide bonds. The zero-order valence-electron chi connectivity index (χ0n) is 13.1. The standard InChI is InChI=1S/C17H22ClN3/c1-5-10-19-17-15(11(2)3)12(4)20-16(21-17)13-6-8-14(18)9-7-13/h6-9,11H,5,10H2,1-4H3,(H,19,20,21). The van der Waals surface area contributed by atoms with Gasteiger partial charge in [-0.15, -0.1) is 0 Å². The SMILES string of the molecule is CCCNc1nc(-c2ccc(Cl)cc2)nc(C)c1C(C)C. The lowest BCUT2D eigenvalue weighted by atomic mass is 10.0. The molecule has 1 aromatic heterocycles. The largest absolute Gasteiger partial charge is 0.370 e. The molecule has 0 saturated heterocycles. The van der Waals surface area contributed by atoms with Crippen molar-refractivity contribution >= 4 is 17.4 Å². The lowest BCUT2D eigenvalue weighted by Crippen LogP contribution is -2.10. The quantitative estimate of drug-likeness (QED) is 0.840. The lowest BCUT2D eigenvalue weighted by molar-refractivity contribution is 0.826. The maximum Gasteiger partial charge on any atom is 0.161 e. The fourth-order valence-corrected chi connectivity index (χ4v) is 2.50. The smallest absolute Gasteiger partial charge is 0.161 e. The molecule has 2 aromatic rings. The van der Waals surface area contributed by atoms with Crippen LogP contribution in [0.5, 0.6) is 0 Å². The molecular formula is C17H22ClN3. The highest BCUT2D eigenvalue weighted by Gasteiger charge is 2.15. The van der Waals surface area contributed by atoms with E-state index in [1.54, 1.807) is 0 Å². The molecule has 0 radical (unpaired) electrons. The summed E-state index contributed by atoms with van der Waals surface area (Å²) in [5.41, 5.74) is 3.21. The number of halogens is 1. The van der Waals surface area contributed by atoms with E-state index < -0.39 is 0 Å². The van der Waals surface area contributed by atoms with Crippen LogP contribution in [0.15, 0.2) is 24.3 Å². The Balaban J connectivity index is 2.48. The lowest BCUT2D eigenvalue weighted by Gasteiger charge is -2.17. The van der Waals surface area contributed by atoms with Gasteiger partial charge in [0.25, 0.3) is 0 Å². The van der Waals surface area contributed by atoms with Crippen LogP contribution in [0.4, 0.5) is 5.82 Å². The van der Waals surface area contributed by atoms with E-state index in [4.69, 9.17) is 16.6 Å². The van der Waals surface area contributed by atoms with Crippen molar-refractivity contribution in [3.63, 3.8) is 0 Å². The van der Waals surface area contributed by atoms with Gasteiger partial charge in [0.2, 0.25) is 0 Å². The Morgan fingerprint density at radius 3 is 2.38 bits per heavy atom. The Kier molecular flexibility index (Phi) is 5.18. The third-order valence-electron chi connectivity index (χ3n) is 3.36. The van der Waals surface area contributed by atoms with Crippen molar-refractivity contribution in [2.45, 2.75) is 40.0 Å². The first kappa shape index (κ1) is 15.8. The summed E-state index contributed by atoms with van der Waals surface area (Å²) in [6.07, 6.45) is 1.07. The molecule has 0 aliphatic rings. The van der Waals surface area contributed by atoms with Crippen LogP contribution in [0.2, 0.25) is 5.02 Å². The Hall–Kier alpha value is -1.61. The third kappa shape index (κ3) is 3.73. The predicted molar refractivity (Wildman–Crippen MR) is 90.1 cm³/mol. The maximum absolute atomic E-state index is 5.94. The third-order valence-corrected chi connectivity index (χ3v) is 3.61. The second-order valence-corrected chi connectivity index (χ2v) is 5.92. The van der Waals surface area contributed by atoms with Gasteiger partial charge >= 0.3 is 0 Å². The van der Waals surface area contributed by atoms with Crippen molar-refractivity contribution in [3.05, 3.63) is 40.5 Å². The number of rotatable bonds is 5. The summed E-state index contributed by atoms with van der Waals surface area (Å²) in [5, 5.41) is 4.15. The van der Waals surface area contributed by atoms with Crippen LogP contribution < -0.4 is 5.32 Å². The number of aromatic nitrogens is 2. The van der Waals surface area contributed by atoms with E-state index in [1.807, 2.05) is 31.2 Å². The number of anilines is 1. The van der Waals surface area contributed by atoms with Crippen LogP contribution in [0.3, 0.4) is 0 Å². The number of nitrogens with zero attached hydrogens (tertiary/aromatic N) is 2. The first-order valence-corrected chi connectivity index (χ1v) is 7.79. The van der Waals surface area contributed by atoms with Crippen LogP contribution in [-0.4, -0.2) is 16.5 Å². The number of benzene rings is 1. The highest BCUT2D eigenvalue weighted by molar-refractivity contribution is 6.30. The minimum Gasteiger partial charge on any atom is -0.370 e. The molecule has 0 spiro atoms. The number of hydrogen-bond donors (Lipinski definition) is 1. The fourth-order valence-electron chi connectivity index (χ4n) is 2.38. The normalized spacial score (nSPS) is 11.0. The Labute approximate surface area is 131 Å². The molecule has 3 nitrogen and oxygen atoms in total. The molecule has 112 valence electrons. The van der Waals surface area contributed by atoms with Crippen molar-refractivity contribution in [1.82, 2.24) is 9.97 Å². The van der Waals surface area contributed by atoms with Gasteiger partial charge < -0.3 is 5.32 Å². The van der Waals surface area contributed by atoms with Crippen molar-refractivity contribution in [3.8, 4) is 11.4 Å². The van der Waals surface area contributed by atoms with Crippen molar-refractivity contribution < 1.29 is 0 Å². The van der Waals surface area contributed by atoms with Gasteiger partial charge in [0.05, 0.1) is 0 Å². The first-order valence-electron chi connectivity index (χ1n) is 7.41. The van der Waals surface area contributed by atoms with Gasteiger partial charge in [-0.3, -0.25) is 0 Å². The molecule has 0 fully saturated rings. The zero-order chi connectivity index (χ0) is 15.4. The maximum atomic E-state index is 5.94. The molecule has 0 saturated carbocycles. The van der Waals surface area contributed by atoms with E-state index in [1.165, 1.54) is 5.56 Å². The summed E-state index contributed by atoms with van der Waals surface area (Å²) in [4.78, 5) is 9.40. The number of nitrogens with one attached hydrogen (secondary N) is 1. The van der Waals surface area contributed by atoms with Crippen LogP contribution in [-0.2, 0) is 0 Å². The summed E-state index contributed by atoms with van der Waals surface area (Å²) >= 11 is 5.94. The monoisotopic (exact) mass is 303 g/mol. The second-order valence-electron chi connectivity index (χ2n) is 5.48. The van der Waals surface area contributed by atoms with Gasteiger partial charge in [0, 0.05) is 28.4 Å². The summed E-state index contributed by atoms with van der Waals surface area (Å²) in [7, 11) is 0. The molecular weight excluding hydrogens is 282 g/mol. The van der Waals surface area contributed by atoms with E-state index in [2.05, 4.69) is 31.1 Å². The summed E-state index contributed by atoms with van der Waals surface area (Å²) in [6.45, 7) is 9.45. The van der Waals surface area contributed by atoms with Crippen molar-refractivity contribution in [2.24, 2.45) is 0 Å². The van der Waals surface area contributed by atoms with Gasteiger partial charge in [-0.25, -0.2) is 9.97 Å². The van der Waals surface area contributed by atoms with E-state index in [0.717, 1.165) is 40.9 Å². The van der Waals surface area contributed by atoms with E-state index in [9.17, 15) is 0 Å². The Morgan fingerprint density at radius 1 is 1.14 bits per heavy atom. The number of aryl methyl sites for hydroxylation is 1. The summed E-state index contributed by atoms with van der Waals surface area (Å²) in [5.74, 6) is 2.08. The van der Waals surface area contributed by atoms with Crippen molar-refractivity contribution in [2.75, 3.05) is 11.9 Å². The number of hydrogen-bond acceptors (Lipinski definition) is 3. The zero-order valence-corrected chi connectivity index (χ0v) is 13.8. The van der Waals surface area contributed by atoms with E-state index in [0.29, 0.717) is 5.92 Å². The first-order chi connectivity index (χ1) is 10.0. The molecule has 1 N–H and O–H groups in total. The molecule has 0 atom stereocenters. The van der Waals surface area contributed by atoms with Gasteiger partial charge in [-0.1, -0.05) is 32.4 Å². The predicted octanol–water partition coefficient (Wildman–Crippen LogP) is 5.05. The Bertz CT molecular complexity index is 606. The molecule has 0 bridgehead atoms. The fraction of sp³-hybridized carbons (Fsp3) is 0.412. The molecule has 21 heavy (non-hydrogen) atoms. The van der Waals surface area contributed by atoms with Crippen LogP contribution in [0.25, 0.3) is 11.4 Å². The van der Waals surface area contributed by atoms with Crippen LogP contribution in [0, 0.1) is 6.92 Å². The minimum absolute atomic E-state index is 0.392. The summed E-state index contributed by atoms with van der Waals surface area (Å²) < 4.78 is 0.